The fourth-order valence-corrected chi connectivity index (χ4v) is 0.752. The SMILES string of the molecule is C[C@H](O)C(=O)[P+](O)(O)O. The van der Waals surface area contributed by atoms with E-state index in [1.165, 1.54) is 0 Å². The zero-order chi connectivity index (χ0) is 7.65. The fraction of sp³-hybridized carbons (Fsp3) is 0.667. The molecule has 0 aromatic heterocycles. The van der Waals surface area contributed by atoms with Gasteiger partial charge in [-0.1, -0.05) is 0 Å². The third-order valence-corrected chi connectivity index (χ3v) is 1.62. The van der Waals surface area contributed by atoms with E-state index in [-0.39, 0.29) is 0 Å². The first-order valence-corrected chi connectivity index (χ1v) is 3.80. The molecule has 0 amide bonds. The molecule has 0 bridgehead atoms. The molecule has 0 aromatic rings. The van der Waals surface area contributed by atoms with Crippen LogP contribution in [0.25, 0.3) is 0 Å². The third kappa shape index (κ3) is 2.84. The van der Waals surface area contributed by atoms with Crippen LogP contribution in [-0.2, 0) is 4.79 Å². The Hall–Kier alpha value is -0.0600. The number of carbonyl (C=O) groups is 1. The summed E-state index contributed by atoms with van der Waals surface area (Å²) in [5.41, 5.74) is -1.33. The zero-order valence-electron chi connectivity index (χ0n) is 4.72. The Kier molecular flexibility index (Phi) is 2.66. The van der Waals surface area contributed by atoms with Gasteiger partial charge < -0.3 is 5.11 Å². The number of aliphatic hydroxyl groups is 1. The van der Waals surface area contributed by atoms with Crippen molar-refractivity contribution in [3.05, 3.63) is 0 Å². The number of hydrogen-bond acceptors (Lipinski definition) is 5. The monoisotopic (exact) mass is 155 g/mol. The lowest BCUT2D eigenvalue weighted by atomic mass is 10.5. The van der Waals surface area contributed by atoms with E-state index in [0.29, 0.717) is 0 Å². The summed E-state index contributed by atoms with van der Waals surface area (Å²) in [4.78, 5) is 34.7. The van der Waals surface area contributed by atoms with Crippen molar-refractivity contribution in [3.8, 4) is 0 Å². The van der Waals surface area contributed by atoms with Gasteiger partial charge >= 0.3 is 13.5 Å². The molecule has 0 aliphatic rings. The molecule has 6 heteroatoms. The summed E-state index contributed by atoms with van der Waals surface area (Å²) in [7, 11) is -4.45. The molecule has 0 saturated heterocycles. The number of hydrogen-bond donors (Lipinski definition) is 4. The smallest absolute Gasteiger partial charge is 0.381 e. The van der Waals surface area contributed by atoms with E-state index in [4.69, 9.17) is 19.8 Å². The van der Waals surface area contributed by atoms with Gasteiger partial charge in [0.2, 0.25) is 0 Å². The quantitative estimate of drug-likeness (QED) is 0.369. The normalized spacial score (nSPS) is 15.2. The minimum Gasteiger partial charge on any atom is -0.381 e. The van der Waals surface area contributed by atoms with Gasteiger partial charge in [0.05, 0.1) is 0 Å². The van der Waals surface area contributed by atoms with E-state index in [1.54, 1.807) is 0 Å². The lowest BCUT2D eigenvalue weighted by Crippen LogP contribution is -2.18. The van der Waals surface area contributed by atoms with Gasteiger partial charge in [0, 0.05) is 0 Å². The van der Waals surface area contributed by atoms with E-state index < -0.39 is 19.6 Å². The zero-order valence-corrected chi connectivity index (χ0v) is 5.62. The molecule has 0 saturated carbocycles. The molecular formula is C3H8O5P+. The highest BCUT2D eigenvalue weighted by atomic mass is 31.2. The van der Waals surface area contributed by atoms with Crippen LogP contribution in [-0.4, -0.2) is 31.4 Å². The van der Waals surface area contributed by atoms with Crippen molar-refractivity contribution >= 4 is 13.5 Å². The second kappa shape index (κ2) is 2.68. The average molecular weight is 155 g/mol. The van der Waals surface area contributed by atoms with Gasteiger partial charge in [0.1, 0.15) is 0 Å². The number of aliphatic hydroxyl groups excluding tert-OH is 1. The summed E-state index contributed by atoms with van der Waals surface area (Å²) in [6.07, 6.45) is -1.53. The van der Waals surface area contributed by atoms with E-state index in [2.05, 4.69) is 0 Å². The van der Waals surface area contributed by atoms with Crippen LogP contribution in [0.5, 0.6) is 0 Å². The van der Waals surface area contributed by atoms with Crippen molar-refractivity contribution in [3.63, 3.8) is 0 Å². The van der Waals surface area contributed by atoms with Crippen LogP contribution in [0.3, 0.4) is 0 Å². The molecule has 0 aliphatic carbocycles. The van der Waals surface area contributed by atoms with E-state index in [0.717, 1.165) is 6.92 Å². The van der Waals surface area contributed by atoms with Crippen LogP contribution >= 0.6 is 7.94 Å². The van der Waals surface area contributed by atoms with Gasteiger partial charge in [-0.3, -0.25) is 0 Å². The van der Waals surface area contributed by atoms with Crippen LogP contribution < -0.4 is 0 Å². The first kappa shape index (κ1) is 8.94. The summed E-state index contributed by atoms with van der Waals surface area (Å²) in [5.74, 6) is 0. The summed E-state index contributed by atoms with van der Waals surface area (Å²) < 4.78 is 0. The van der Waals surface area contributed by atoms with E-state index in [9.17, 15) is 4.79 Å². The van der Waals surface area contributed by atoms with Crippen molar-refractivity contribution in [2.45, 2.75) is 13.0 Å². The van der Waals surface area contributed by atoms with Crippen molar-refractivity contribution < 1.29 is 24.6 Å². The van der Waals surface area contributed by atoms with Crippen LogP contribution in [0.1, 0.15) is 6.92 Å². The summed E-state index contributed by atoms with van der Waals surface area (Å²) in [6, 6.07) is 0. The maximum atomic E-state index is 10.2. The van der Waals surface area contributed by atoms with E-state index >= 15 is 0 Å². The third-order valence-electron chi connectivity index (χ3n) is 0.653. The average Bonchev–Trinajstić information content (AvgIpc) is 1.62. The van der Waals surface area contributed by atoms with Gasteiger partial charge in [-0.25, -0.2) is 4.79 Å². The van der Waals surface area contributed by atoms with Crippen molar-refractivity contribution in [1.29, 1.82) is 0 Å². The van der Waals surface area contributed by atoms with Crippen LogP contribution in [0.15, 0.2) is 0 Å². The lowest BCUT2D eigenvalue weighted by Gasteiger charge is -2.01. The maximum absolute atomic E-state index is 10.2. The summed E-state index contributed by atoms with van der Waals surface area (Å²) in [5, 5.41) is 8.35. The topological polar surface area (TPSA) is 98.0 Å². The van der Waals surface area contributed by atoms with Gasteiger partial charge in [0.15, 0.2) is 6.10 Å². The Labute approximate surface area is 52.2 Å². The van der Waals surface area contributed by atoms with E-state index in [1.807, 2.05) is 0 Å². The molecule has 1 atom stereocenters. The number of rotatable bonds is 2. The molecule has 0 fully saturated rings. The molecule has 0 rings (SSSR count). The molecule has 54 valence electrons. The predicted molar refractivity (Wildman–Crippen MR) is 30.3 cm³/mol. The standard InChI is InChI=1S/C3H8O5P/c1-2(4)3(5)9(6,7)8/h2,4,6-8H,1H3/q+1/t2-/m0/s1. The van der Waals surface area contributed by atoms with Crippen molar-refractivity contribution in [2.24, 2.45) is 0 Å². The lowest BCUT2D eigenvalue weighted by molar-refractivity contribution is -0.120. The Morgan fingerprint density at radius 2 is 1.78 bits per heavy atom. The minimum atomic E-state index is -4.45. The molecule has 0 heterocycles. The van der Waals surface area contributed by atoms with Gasteiger partial charge in [-0.15, -0.1) is 0 Å². The second-order valence-electron chi connectivity index (χ2n) is 1.58. The molecule has 0 aliphatic heterocycles. The minimum absolute atomic E-state index is 1.04. The Bertz CT molecular complexity index is 114. The predicted octanol–water partition coefficient (Wildman–Crippen LogP) is -1.37. The Balaban J connectivity index is 4.06. The first-order chi connectivity index (χ1) is 3.85. The Morgan fingerprint density at radius 3 is 1.78 bits per heavy atom. The summed E-state index contributed by atoms with van der Waals surface area (Å²) in [6.45, 7) is 1.04. The van der Waals surface area contributed by atoms with Crippen molar-refractivity contribution in [1.82, 2.24) is 0 Å². The molecule has 0 radical (unpaired) electrons. The molecular weight excluding hydrogens is 147 g/mol. The molecule has 0 unspecified atom stereocenters. The molecule has 9 heavy (non-hydrogen) atoms. The van der Waals surface area contributed by atoms with Crippen molar-refractivity contribution in [2.75, 3.05) is 0 Å². The van der Waals surface area contributed by atoms with Crippen LogP contribution in [0.4, 0.5) is 0 Å². The summed E-state index contributed by atoms with van der Waals surface area (Å²) >= 11 is 0. The fourth-order valence-electron chi connectivity index (χ4n) is 0.251. The Morgan fingerprint density at radius 1 is 1.44 bits per heavy atom. The molecule has 5 nitrogen and oxygen atoms in total. The number of carbonyl (C=O) groups excluding carboxylic acids is 1. The largest absolute Gasteiger partial charge is 0.481 e. The highest BCUT2D eigenvalue weighted by molar-refractivity contribution is 7.76. The molecule has 0 aromatic carbocycles. The molecule has 0 spiro atoms. The van der Waals surface area contributed by atoms with Gasteiger partial charge in [0.25, 0.3) is 0 Å². The van der Waals surface area contributed by atoms with Gasteiger partial charge in [-0.2, -0.15) is 14.7 Å². The highest BCUT2D eigenvalue weighted by Crippen LogP contribution is 2.46. The second-order valence-corrected chi connectivity index (χ2v) is 3.16. The van der Waals surface area contributed by atoms with Crippen LogP contribution in [0.2, 0.25) is 0 Å². The van der Waals surface area contributed by atoms with Crippen LogP contribution in [0, 0.1) is 0 Å². The first-order valence-electron chi connectivity index (χ1n) is 2.15. The van der Waals surface area contributed by atoms with Gasteiger partial charge in [-0.05, 0) is 6.92 Å². The molecule has 4 N–H and O–H groups in total. The maximum Gasteiger partial charge on any atom is 0.481 e. The highest BCUT2D eigenvalue weighted by Gasteiger charge is 2.45.